The molecule has 0 aliphatic rings. The van der Waals surface area contributed by atoms with E-state index >= 15 is 0 Å². The van der Waals surface area contributed by atoms with Gasteiger partial charge < -0.3 is 5.73 Å². The minimum Gasteiger partial charge on any atom is -0.397 e. The van der Waals surface area contributed by atoms with Crippen molar-refractivity contribution in [1.29, 1.82) is 0 Å². The summed E-state index contributed by atoms with van der Waals surface area (Å²) in [5, 5.41) is 1.76. The van der Waals surface area contributed by atoms with Crippen LogP contribution < -0.4 is 5.73 Å². The highest BCUT2D eigenvalue weighted by Gasteiger charge is 2.06. The number of anilines is 1. The Morgan fingerprint density at radius 1 is 0.944 bits per heavy atom. The third-order valence-corrected chi connectivity index (χ3v) is 3.12. The molecule has 0 aliphatic heterocycles. The molecule has 0 radical (unpaired) electrons. The number of pyridine rings is 1. The molecule has 0 bridgehead atoms. The molecule has 88 valence electrons. The Hall–Kier alpha value is -2.06. The van der Waals surface area contributed by atoms with Gasteiger partial charge in [0.1, 0.15) is 0 Å². The maximum atomic E-state index is 6.06. The molecule has 0 saturated carbocycles. The summed E-state index contributed by atoms with van der Waals surface area (Å²) in [5.74, 6) is 0. The first-order valence-electron chi connectivity index (χ1n) is 5.65. The molecule has 2 nitrogen and oxygen atoms in total. The Balaban J connectivity index is 2.22. The molecule has 2 aromatic carbocycles. The molecule has 1 heterocycles. The van der Waals surface area contributed by atoms with Gasteiger partial charge in [-0.1, -0.05) is 41.9 Å². The Bertz CT molecular complexity index is 705. The number of hydrogen-bond acceptors (Lipinski definition) is 2. The Labute approximate surface area is 110 Å². The minimum atomic E-state index is 0.677. The van der Waals surface area contributed by atoms with Gasteiger partial charge in [0.05, 0.1) is 16.9 Å². The van der Waals surface area contributed by atoms with Crippen LogP contribution in [-0.2, 0) is 0 Å². The summed E-state index contributed by atoms with van der Waals surface area (Å²) in [4.78, 5) is 4.61. The van der Waals surface area contributed by atoms with Crippen molar-refractivity contribution in [2.24, 2.45) is 0 Å². The van der Waals surface area contributed by atoms with Crippen LogP contribution in [0.5, 0.6) is 0 Å². The van der Waals surface area contributed by atoms with Crippen LogP contribution in [0, 0.1) is 0 Å². The fourth-order valence-electron chi connectivity index (χ4n) is 1.97. The lowest BCUT2D eigenvalue weighted by Gasteiger charge is -2.07. The van der Waals surface area contributed by atoms with Gasteiger partial charge in [-0.2, -0.15) is 0 Å². The van der Waals surface area contributed by atoms with Gasteiger partial charge in [0.25, 0.3) is 0 Å². The largest absolute Gasteiger partial charge is 0.397 e. The highest BCUT2D eigenvalue weighted by Crippen LogP contribution is 2.28. The third kappa shape index (κ3) is 1.91. The fourth-order valence-corrected chi connectivity index (χ4v) is 2.10. The van der Waals surface area contributed by atoms with Crippen molar-refractivity contribution in [2.75, 3.05) is 5.73 Å². The zero-order chi connectivity index (χ0) is 12.5. The molecule has 0 atom stereocenters. The van der Waals surface area contributed by atoms with E-state index in [1.807, 2.05) is 54.6 Å². The van der Waals surface area contributed by atoms with Gasteiger partial charge in [0, 0.05) is 16.0 Å². The summed E-state index contributed by atoms with van der Waals surface area (Å²) in [6.07, 6.45) is 0. The molecule has 18 heavy (non-hydrogen) atoms. The van der Waals surface area contributed by atoms with Crippen molar-refractivity contribution in [3.05, 3.63) is 59.6 Å². The first kappa shape index (κ1) is 11.1. The van der Waals surface area contributed by atoms with Gasteiger partial charge in [-0.15, -0.1) is 0 Å². The van der Waals surface area contributed by atoms with Crippen LogP contribution in [0.4, 0.5) is 5.69 Å². The van der Waals surface area contributed by atoms with Crippen LogP contribution in [0.2, 0.25) is 5.02 Å². The van der Waals surface area contributed by atoms with Gasteiger partial charge in [-0.3, -0.25) is 0 Å². The maximum Gasteiger partial charge on any atom is 0.0938 e. The van der Waals surface area contributed by atoms with E-state index in [4.69, 9.17) is 17.3 Å². The van der Waals surface area contributed by atoms with E-state index in [2.05, 4.69) is 4.98 Å². The van der Waals surface area contributed by atoms with Gasteiger partial charge >= 0.3 is 0 Å². The number of nitrogens with zero attached hydrogens (tertiary/aromatic N) is 1. The number of benzene rings is 2. The summed E-state index contributed by atoms with van der Waals surface area (Å²) in [6.45, 7) is 0. The molecular weight excluding hydrogens is 244 g/mol. The second-order valence-electron chi connectivity index (χ2n) is 4.13. The van der Waals surface area contributed by atoms with Crippen molar-refractivity contribution in [3.63, 3.8) is 0 Å². The van der Waals surface area contributed by atoms with Crippen LogP contribution in [0.25, 0.3) is 22.2 Å². The third-order valence-electron chi connectivity index (χ3n) is 2.87. The molecule has 2 N–H and O–H groups in total. The highest BCUT2D eigenvalue weighted by molar-refractivity contribution is 6.30. The zero-order valence-electron chi connectivity index (χ0n) is 9.60. The number of fused-ring (bicyclic) bond motifs is 1. The van der Waals surface area contributed by atoms with E-state index in [1.165, 1.54) is 0 Å². The first-order valence-corrected chi connectivity index (χ1v) is 6.03. The molecule has 1 aromatic heterocycles. The van der Waals surface area contributed by atoms with Crippen LogP contribution in [-0.4, -0.2) is 4.98 Å². The number of nitrogens with two attached hydrogens (primary N) is 1. The van der Waals surface area contributed by atoms with Gasteiger partial charge in [0.2, 0.25) is 0 Å². The normalized spacial score (nSPS) is 10.7. The lowest BCUT2D eigenvalue weighted by atomic mass is 10.1. The second kappa shape index (κ2) is 4.31. The van der Waals surface area contributed by atoms with E-state index in [0.717, 1.165) is 22.2 Å². The summed E-state index contributed by atoms with van der Waals surface area (Å²) < 4.78 is 0. The van der Waals surface area contributed by atoms with Crippen LogP contribution >= 0.6 is 11.6 Å². The van der Waals surface area contributed by atoms with Crippen molar-refractivity contribution in [1.82, 2.24) is 4.98 Å². The topological polar surface area (TPSA) is 38.9 Å². The lowest BCUT2D eigenvalue weighted by Crippen LogP contribution is -1.94. The van der Waals surface area contributed by atoms with Crippen LogP contribution in [0.1, 0.15) is 0 Å². The maximum absolute atomic E-state index is 6.06. The van der Waals surface area contributed by atoms with Gasteiger partial charge in [0.15, 0.2) is 0 Å². The molecule has 0 saturated heterocycles. The molecule has 3 aromatic rings. The zero-order valence-corrected chi connectivity index (χ0v) is 10.4. The summed E-state index contributed by atoms with van der Waals surface area (Å²) >= 11 is 5.88. The smallest absolute Gasteiger partial charge is 0.0938 e. The number of para-hydroxylation sites is 1. The number of rotatable bonds is 1. The number of aromatic nitrogens is 1. The molecule has 0 unspecified atom stereocenters. The lowest BCUT2D eigenvalue weighted by molar-refractivity contribution is 1.40. The van der Waals surface area contributed by atoms with E-state index in [9.17, 15) is 0 Å². The number of halogens is 1. The van der Waals surface area contributed by atoms with E-state index in [0.29, 0.717) is 10.7 Å². The fraction of sp³-hybridized carbons (Fsp3) is 0. The Morgan fingerprint density at radius 2 is 1.67 bits per heavy atom. The molecule has 0 fully saturated rings. The first-order chi connectivity index (χ1) is 8.74. The van der Waals surface area contributed by atoms with Crippen molar-refractivity contribution >= 4 is 28.2 Å². The van der Waals surface area contributed by atoms with Crippen molar-refractivity contribution < 1.29 is 0 Å². The summed E-state index contributed by atoms with van der Waals surface area (Å²) in [6, 6.07) is 17.4. The molecule has 3 heteroatoms. The second-order valence-corrected chi connectivity index (χ2v) is 4.56. The molecule has 0 aliphatic carbocycles. The quantitative estimate of drug-likeness (QED) is 0.709. The molecule has 3 rings (SSSR count). The number of nitrogen functional groups attached to an aromatic ring is 1. The van der Waals surface area contributed by atoms with Gasteiger partial charge in [-0.05, 0) is 24.3 Å². The van der Waals surface area contributed by atoms with Crippen LogP contribution in [0.15, 0.2) is 54.6 Å². The van der Waals surface area contributed by atoms with E-state index < -0.39 is 0 Å². The van der Waals surface area contributed by atoms with Crippen LogP contribution in [0.3, 0.4) is 0 Å². The minimum absolute atomic E-state index is 0.677. The molecule has 0 spiro atoms. The monoisotopic (exact) mass is 254 g/mol. The molecule has 0 amide bonds. The van der Waals surface area contributed by atoms with Crippen molar-refractivity contribution in [2.45, 2.75) is 0 Å². The predicted octanol–water partition coefficient (Wildman–Crippen LogP) is 4.14. The van der Waals surface area contributed by atoms with Gasteiger partial charge in [-0.25, -0.2) is 4.98 Å². The van der Waals surface area contributed by atoms with Crippen molar-refractivity contribution in [3.8, 4) is 11.3 Å². The Morgan fingerprint density at radius 3 is 2.44 bits per heavy atom. The SMILES string of the molecule is Nc1cc2ccccc2nc1-c1ccc(Cl)cc1. The van der Waals surface area contributed by atoms with E-state index in [-0.39, 0.29) is 0 Å². The standard InChI is InChI=1S/C15H11ClN2/c16-12-7-5-10(6-8-12)15-13(17)9-11-3-1-2-4-14(11)18-15/h1-9H,17H2. The average Bonchev–Trinajstić information content (AvgIpc) is 2.39. The number of hydrogen-bond donors (Lipinski definition) is 1. The predicted molar refractivity (Wildman–Crippen MR) is 76.6 cm³/mol. The molecular formula is C15H11ClN2. The van der Waals surface area contributed by atoms with E-state index in [1.54, 1.807) is 0 Å². The Kier molecular flexibility index (Phi) is 2.65. The summed E-state index contributed by atoms with van der Waals surface area (Å²) in [5.41, 5.74) is 9.45. The average molecular weight is 255 g/mol. The highest BCUT2D eigenvalue weighted by atomic mass is 35.5. The summed E-state index contributed by atoms with van der Waals surface area (Å²) in [7, 11) is 0.